The molecule has 0 amide bonds. The highest BCUT2D eigenvalue weighted by molar-refractivity contribution is 5.76. The quantitative estimate of drug-likeness (QED) is 0.860. The smallest absolute Gasteiger partial charge is 0.129 e. The van der Waals surface area contributed by atoms with E-state index in [1.54, 1.807) is 4.68 Å². The zero-order valence-electron chi connectivity index (χ0n) is 10.9. The second-order valence-corrected chi connectivity index (χ2v) is 4.75. The van der Waals surface area contributed by atoms with Gasteiger partial charge in [0.05, 0.1) is 5.69 Å². The summed E-state index contributed by atoms with van der Waals surface area (Å²) in [5.74, 6) is 1.27. The molecule has 17 heavy (non-hydrogen) atoms. The van der Waals surface area contributed by atoms with E-state index in [0.29, 0.717) is 5.92 Å². The van der Waals surface area contributed by atoms with Gasteiger partial charge < -0.3 is 5.73 Å². The first kappa shape index (κ1) is 11.7. The number of nitrogen functional groups attached to an aromatic ring is 1. The molecule has 2 aromatic rings. The number of nitrogens with two attached hydrogens (primary N) is 1. The average Bonchev–Trinajstić information content (AvgIpc) is 2.53. The minimum Gasteiger partial charge on any atom is -0.383 e. The van der Waals surface area contributed by atoms with Gasteiger partial charge in [0, 0.05) is 12.6 Å². The predicted molar refractivity (Wildman–Crippen MR) is 71.9 cm³/mol. The normalized spacial score (nSPS) is 11.1. The molecule has 0 aliphatic rings. The van der Waals surface area contributed by atoms with Crippen molar-refractivity contribution in [3.8, 4) is 11.1 Å². The molecule has 1 aromatic heterocycles. The molecule has 3 nitrogen and oxygen atoms in total. The zero-order valence-corrected chi connectivity index (χ0v) is 10.9. The molecule has 0 radical (unpaired) electrons. The Kier molecular flexibility index (Phi) is 2.92. The van der Waals surface area contributed by atoms with Crippen LogP contribution in [0.3, 0.4) is 0 Å². The largest absolute Gasteiger partial charge is 0.383 e. The molecule has 0 spiro atoms. The first-order chi connectivity index (χ1) is 8.00. The molecule has 3 heteroatoms. The maximum absolute atomic E-state index is 6.03. The first-order valence-corrected chi connectivity index (χ1v) is 5.90. The van der Waals surface area contributed by atoms with Gasteiger partial charge in [-0.15, -0.1) is 0 Å². The fraction of sp³-hybridized carbons (Fsp3) is 0.357. The molecular weight excluding hydrogens is 210 g/mol. The van der Waals surface area contributed by atoms with Crippen LogP contribution < -0.4 is 5.73 Å². The van der Waals surface area contributed by atoms with Crippen molar-refractivity contribution >= 4 is 5.82 Å². The molecule has 0 aliphatic heterocycles. The summed E-state index contributed by atoms with van der Waals surface area (Å²) in [6.45, 7) is 6.37. The number of rotatable bonds is 2. The van der Waals surface area contributed by atoms with Crippen LogP contribution in [-0.2, 0) is 7.05 Å². The van der Waals surface area contributed by atoms with E-state index in [1.165, 1.54) is 5.56 Å². The lowest BCUT2D eigenvalue weighted by atomic mass is 9.99. The number of nitrogens with zero attached hydrogens (tertiary/aromatic N) is 2. The summed E-state index contributed by atoms with van der Waals surface area (Å²) in [7, 11) is 1.87. The molecule has 90 valence electrons. The van der Waals surface area contributed by atoms with Crippen LogP contribution in [0.4, 0.5) is 5.82 Å². The van der Waals surface area contributed by atoms with Crippen LogP contribution in [-0.4, -0.2) is 9.78 Å². The summed E-state index contributed by atoms with van der Waals surface area (Å²) in [6, 6.07) is 8.56. The molecule has 1 heterocycles. The van der Waals surface area contributed by atoms with Gasteiger partial charge in [-0.25, -0.2) is 0 Å². The number of aryl methyl sites for hydroxylation is 2. The van der Waals surface area contributed by atoms with Gasteiger partial charge in [0.25, 0.3) is 0 Å². The van der Waals surface area contributed by atoms with Gasteiger partial charge >= 0.3 is 0 Å². The number of aromatic nitrogens is 2. The topological polar surface area (TPSA) is 43.8 Å². The SMILES string of the molecule is Cc1nn(C)c(N)c1-c1ccc(C(C)C)cc1. The third-order valence-corrected chi connectivity index (χ3v) is 3.13. The minimum atomic E-state index is 0.552. The van der Waals surface area contributed by atoms with Gasteiger partial charge in [-0.1, -0.05) is 38.1 Å². The minimum absolute atomic E-state index is 0.552. The Balaban J connectivity index is 2.47. The van der Waals surface area contributed by atoms with Crippen molar-refractivity contribution in [2.24, 2.45) is 7.05 Å². The number of hydrogen-bond acceptors (Lipinski definition) is 2. The van der Waals surface area contributed by atoms with Crippen LogP contribution >= 0.6 is 0 Å². The van der Waals surface area contributed by atoms with Gasteiger partial charge in [-0.3, -0.25) is 4.68 Å². The van der Waals surface area contributed by atoms with E-state index in [0.717, 1.165) is 22.6 Å². The second kappa shape index (κ2) is 4.24. The summed E-state index contributed by atoms with van der Waals surface area (Å²) in [5.41, 5.74) is 10.5. The highest BCUT2D eigenvalue weighted by atomic mass is 15.3. The Bertz CT molecular complexity index is 521. The standard InChI is InChI=1S/C14H19N3/c1-9(2)11-5-7-12(8-6-11)13-10(3)16-17(4)14(13)15/h5-9H,15H2,1-4H3. The highest BCUT2D eigenvalue weighted by Gasteiger charge is 2.12. The first-order valence-electron chi connectivity index (χ1n) is 5.90. The fourth-order valence-corrected chi connectivity index (χ4v) is 2.07. The van der Waals surface area contributed by atoms with Crippen molar-refractivity contribution in [3.05, 3.63) is 35.5 Å². The van der Waals surface area contributed by atoms with Crippen LogP contribution in [0.2, 0.25) is 0 Å². The van der Waals surface area contributed by atoms with Crippen LogP contribution in [0.1, 0.15) is 31.0 Å². The van der Waals surface area contributed by atoms with Gasteiger partial charge in [0.2, 0.25) is 0 Å². The van der Waals surface area contributed by atoms with Gasteiger partial charge in [-0.2, -0.15) is 5.10 Å². The third kappa shape index (κ3) is 2.05. The van der Waals surface area contributed by atoms with Crippen LogP contribution in [0.5, 0.6) is 0 Å². The van der Waals surface area contributed by atoms with E-state index in [2.05, 4.69) is 43.2 Å². The monoisotopic (exact) mass is 229 g/mol. The Hall–Kier alpha value is -1.77. The van der Waals surface area contributed by atoms with E-state index >= 15 is 0 Å². The number of anilines is 1. The van der Waals surface area contributed by atoms with Crippen molar-refractivity contribution in [1.82, 2.24) is 9.78 Å². The van der Waals surface area contributed by atoms with Crippen molar-refractivity contribution in [2.45, 2.75) is 26.7 Å². The molecule has 0 atom stereocenters. The van der Waals surface area contributed by atoms with Crippen LogP contribution in [0.25, 0.3) is 11.1 Å². The molecular formula is C14H19N3. The molecule has 0 unspecified atom stereocenters. The van der Waals surface area contributed by atoms with E-state index in [-0.39, 0.29) is 0 Å². The number of benzene rings is 1. The Morgan fingerprint density at radius 3 is 2.18 bits per heavy atom. The van der Waals surface area contributed by atoms with Crippen molar-refractivity contribution in [1.29, 1.82) is 0 Å². The Morgan fingerprint density at radius 2 is 1.76 bits per heavy atom. The molecule has 0 saturated carbocycles. The molecule has 0 aliphatic carbocycles. The highest BCUT2D eigenvalue weighted by Crippen LogP contribution is 2.29. The van der Waals surface area contributed by atoms with Crippen LogP contribution in [0, 0.1) is 6.92 Å². The molecule has 2 rings (SSSR count). The van der Waals surface area contributed by atoms with E-state index in [4.69, 9.17) is 5.73 Å². The predicted octanol–water partition coefficient (Wildman–Crippen LogP) is 3.10. The molecule has 1 aromatic carbocycles. The lowest BCUT2D eigenvalue weighted by Crippen LogP contribution is -1.98. The van der Waals surface area contributed by atoms with Gasteiger partial charge in [0.1, 0.15) is 5.82 Å². The fourth-order valence-electron chi connectivity index (χ4n) is 2.07. The third-order valence-electron chi connectivity index (χ3n) is 3.13. The zero-order chi connectivity index (χ0) is 12.6. The molecule has 0 fully saturated rings. The maximum Gasteiger partial charge on any atom is 0.129 e. The lowest BCUT2D eigenvalue weighted by molar-refractivity contribution is 0.767. The molecule has 2 N–H and O–H groups in total. The maximum atomic E-state index is 6.03. The molecule has 0 saturated heterocycles. The van der Waals surface area contributed by atoms with Gasteiger partial charge in [0.15, 0.2) is 0 Å². The Morgan fingerprint density at radius 1 is 1.18 bits per heavy atom. The summed E-state index contributed by atoms with van der Waals surface area (Å²) in [4.78, 5) is 0. The average molecular weight is 229 g/mol. The molecule has 0 bridgehead atoms. The summed E-state index contributed by atoms with van der Waals surface area (Å²) >= 11 is 0. The van der Waals surface area contributed by atoms with Crippen LogP contribution in [0.15, 0.2) is 24.3 Å². The summed E-state index contributed by atoms with van der Waals surface area (Å²) in [6.07, 6.45) is 0. The van der Waals surface area contributed by atoms with Crippen molar-refractivity contribution in [3.63, 3.8) is 0 Å². The lowest BCUT2D eigenvalue weighted by Gasteiger charge is -2.07. The summed E-state index contributed by atoms with van der Waals surface area (Å²) in [5, 5.41) is 4.34. The number of hydrogen-bond donors (Lipinski definition) is 1. The Labute approximate surface area is 102 Å². The second-order valence-electron chi connectivity index (χ2n) is 4.75. The summed E-state index contributed by atoms with van der Waals surface area (Å²) < 4.78 is 1.72. The van der Waals surface area contributed by atoms with Gasteiger partial charge in [-0.05, 0) is 24.0 Å². The van der Waals surface area contributed by atoms with Crippen molar-refractivity contribution < 1.29 is 0 Å². The van der Waals surface area contributed by atoms with E-state index in [1.807, 2.05) is 14.0 Å². The van der Waals surface area contributed by atoms with E-state index in [9.17, 15) is 0 Å². The van der Waals surface area contributed by atoms with Crippen molar-refractivity contribution in [2.75, 3.05) is 5.73 Å². The van der Waals surface area contributed by atoms with E-state index < -0.39 is 0 Å².